The van der Waals surface area contributed by atoms with Gasteiger partial charge in [-0.2, -0.15) is 0 Å². The summed E-state index contributed by atoms with van der Waals surface area (Å²) in [6.45, 7) is 1.44. The smallest absolute Gasteiger partial charge is 0.264 e. The molecule has 86 valence electrons. The maximum absolute atomic E-state index is 12.0. The third-order valence-electron chi connectivity index (χ3n) is 2.33. The Morgan fingerprint density at radius 3 is 3.00 bits per heavy atom. The highest BCUT2D eigenvalue weighted by Crippen LogP contribution is 2.23. The molecule has 2 rings (SSSR count). The molecular weight excluding hydrogens is 292 g/mol. The van der Waals surface area contributed by atoms with Crippen LogP contribution in [0.5, 0.6) is 0 Å². The molecule has 0 saturated carbocycles. The van der Waals surface area contributed by atoms with Crippen LogP contribution in [0.2, 0.25) is 0 Å². The van der Waals surface area contributed by atoms with Gasteiger partial charge in [0, 0.05) is 13.1 Å². The Bertz CT molecular complexity index is 419. The molecule has 1 aromatic heterocycles. The van der Waals surface area contributed by atoms with Crippen molar-refractivity contribution in [3.63, 3.8) is 0 Å². The van der Waals surface area contributed by atoms with Crippen LogP contribution in [0.15, 0.2) is 15.9 Å². The minimum atomic E-state index is -0.0820. The van der Waals surface area contributed by atoms with E-state index in [1.165, 1.54) is 11.3 Å². The van der Waals surface area contributed by atoms with Crippen molar-refractivity contribution in [3.8, 4) is 0 Å². The van der Waals surface area contributed by atoms with Gasteiger partial charge < -0.3 is 10.2 Å². The highest BCUT2D eigenvalue weighted by Gasteiger charge is 2.21. The Morgan fingerprint density at radius 2 is 2.31 bits per heavy atom. The number of nitrogens with zero attached hydrogens (tertiary/aromatic N) is 1. The number of thiophene rings is 1. The van der Waals surface area contributed by atoms with Crippen molar-refractivity contribution in [2.45, 2.75) is 6.42 Å². The van der Waals surface area contributed by atoms with Gasteiger partial charge in [-0.1, -0.05) is 0 Å². The Kier molecular flexibility index (Phi) is 3.60. The van der Waals surface area contributed by atoms with Crippen molar-refractivity contribution in [1.29, 1.82) is 0 Å². The molecule has 0 aliphatic carbocycles. The molecule has 1 aliphatic heterocycles. The zero-order valence-corrected chi connectivity index (χ0v) is 10.9. The average molecular weight is 303 g/mol. The number of halogens is 1. The summed E-state index contributed by atoms with van der Waals surface area (Å²) in [5, 5.41) is 2.75. The summed E-state index contributed by atoms with van der Waals surface area (Å²) in [4.78, 5) is 25.6. The molecule has 0 aromatic carbocycles. The second-order valence-corrected chi connectivity index (χ2v) is 6.00. The van der Waals surface area contributed by atoms with E-state index < -0.39 is 0 Å². The lowest BCUT2D eigenvalue weighted by Crippen LogP contribution is -2.37. The predicted molar refractivity (Wildman–Crippen MR) is 65.5 cm³/mol. The monoisotopic (exact) mass is 302 g/mol. The number of amides is 2. The fourth-order valence-electron chi connectivity index (χ4n) is 1.56. The fraction of sp³-hybridized carbons (Fsp3) is 0.400. The van der Waals surface area contributed by atoms with E-state index in [1.807, 2.05) is 6.07 Å². The molecule has 2 heterocycles. The molecule has 0 atom stereocenters. The van der Waals surface area contributed by atoms with Gasteiger partial charge in [-0.15, -0.1) is 11.3 Å². The van der Waals surface area contributed by atoms with Gasteiger partial charge in [-0.05, 0) is 34.5 Å². The number of rotatable bonds is 1. The van der Waals surface area contributed by atoms with E-state index in [2.05, 4.69) is 21.2 Å². The zero-order chi connectivity index (χ0) is 11.5. The molecule has 0 spiro atoms. The number of nitrogens with one attached hydrogen (secondary N) is 1. The van der Waals surface area contributed by atoms with Crippen LogP contribution in [0.25, 0.3) is 0 Å². The van der Waals surface area contributed by atoms with Crippen LogP contribution in [0.4, 0.5) is 0 Å². The maximum atomic E-state index is 12.0. The molecule has 6 heteroatoms. The van der Waals surface area contributed by atoms with Crippen LogP contribution in [0.1, 0.15) is 16.1 Å². The van der Waals surface area contributed by atoms with E-state index in [0.717, 1.165) is 10.2 Å². The van der Waals surface area contributed by atoms with E-state index in [0.29, 0.717) is 18.0 Å². The molecule has 1 aromatic rings. The largest absolute Gasteiger partial charge is 0.354 e. The van der Waals surface area contributed by atoms with Crippen LogP contribution in [0, 0.1) is 0 Å². The zero-order valence-electron chi connectivity index (χ0n) is 8.53. The molecule has 1 saturated heterocycles. The molecular formula is C10H11BrN2O2S. The third kappa shape index (κ3) is 2.62. The summed E-state index contributed by atoms with van der Waals surface area (Å²) in [6, 6.07) is 3.62. The summed E-state index contributed by atoms with van der Waals surface area (Å²) in [5.74, 6) is -0.144. The summed E-state index contributed by atoms with van der Waals surface area (Å²) < 4.78 is 0.926. The van der Waals surface area contributed by atoms with Gasteiger partial charge in [0.1, 0.15) is 0 Å². The lowest BCUT2D eigenvalue weighted by molar-refractivity contribution is -0.121. The lowest BCUT2D eigenvalue weighted by Gasteiger charge is -2.17. The van der Waals surface area contributed by atoms with Gasteiger partial charge in [-0.3, -0.25) is 9.59 Å². The minimum absolute atomic E-state index is 0.0623. The molecule has 16 heavy (non-hydrogen) atoms. The molecule has 0 radical (unpaired) electrons. The average Bonchev–Trinajstić information content (AvgIpc) is 2.56. The van der Waals surface area contributed by atoms with Crippen molar-refractivity contribution < 1.29 is 9.59 Å². The Hall–Kier alpha value is -0.880. The fourth-order valence-corrected chi connectivity index (χ4v) is 2.92. The van der Waals surface area contributed by atoms with Gasteiger partial charge in [-0.25, -0.2) is 0 Å². The maximum Gasteiger partial charge on any atom is 0.264 e. The van der Waals surface area contributed by atoms with Crippen molar-refractivity contribution in [1.82, 2.24) is 10.2 Å². The lowest BCUT2D eigenvalue weighted by atomic mass is 10.3. The highest BCUT2D eigenvalue weighted by atomic mass is 79.9. The highest BCUT2D eigenvalue weighted by molar-refractivity contribution is 9.11. The third-order valence-corrected chi connectivity index (χ3v) is 3.94. The van der Waals surface area contributed by atoms with E-state index in [4.69, 9.17) is 0 Å². The molecule has 4 nitrogen and oxygen atoms in total. The van der Waals surface area contributed by atoms with E-state index in [-0.39, 0.29) is 18.4 Å². The topological polar surface area (TPSA) is 49.4 Å². The summed E-state index contributed by atoms with van der Waals surface area (Å²) in [6.07, 6.45) is 0.810. The van der Waals surface area contributed by atoms with Crippen molar-refractivity contribution in [2.75, 3.05) is 19.6 Å². The Labute approximate surface area is 106 Å². The molecule has 2 amide bonds. The standard InChI is InChI=1S/C10H11BrN2O2S/c11-8-3-2-7(16-8)10(15)13-5-1-4-12-9(14)6-13/h2-3H,1,4-6H2,(H,12,14). The quantitative estimate of drug-likeness (QED) is 0.854. The molecule has 0 bridgehead atoms. The van der Waals surface area contributed by atoms with Crippen LogP contribution < -0.4 is 5.32 Å². The normalized spacial score (nSPS) is 16.8. The molecule has 1 N–H and O–H groups in total. The van der Waals surface area contributed by atoms with Crippen LogP contribution >= 0.6 is 27.3 Å². The molecule has 1 fully saturated rings. The number of hydrogen-bond donors (Lipinski definition) is 1. The molecule has 0 unspecified atom stereocenters. The first-order chi connectivity index (χ1) is 7.66. The minimum Gasteiger partial charge on any atom is -0.354 e. The van der Waals surface area contributed by atoms with Gasteiger partial charge in [0.15, 0.2) is 0 Å². The van der Waals surface area contributed by atoms with Crippen LogP contribution in [-0.4, -0.2) is 36.3 Å². The number of hydrogen-bond acceptors (Lipinski definition) is 3. The van der Waals surface area contributed by atoms with Crippen molar-refractivity contribution in [3.05, 3.63) is 20.8 Å². The number of carbonyl (C=O) groups excluding carboxylic acids is 2. The second kappa shape index (κ2) is 4.97. The van der Waals surface area contributed by atoms with E-state index in [1.54, 1.807) is 11.0 Å². The van der Waals surface area contributed by atoms with Crippen LogP contribution in [-0.2, 0) is 4.79 Å². The first kappa shape index (κ1) is 11.6. The summed E-state index contributed by atoms with van der Waals surface area (Å²) in [7, 11) is 0. The predicted octanol–water partition coefficient (Wildman–Crippen LogP) is 1.47. The van der Waals surface area contributed by atoms with Gasteiger partial charge in [0.2, 0.25) is 5.91 Å². The molecule has 1 aliphatic rings. The first-order valence-corrected chi connectivity index (χ1v) is 6.59. The van der Waals surface area contributed by atoms with Gasteiger partial charge in [0.05, 0.1) is 15.2 Å². The van der Waals surface area contributed by atoms with Gasteiger partial charge >= 0.3 is 0 Å². The SMILES string of the molecule is O=C1CN(C(=O)c2ccc(Br)s2)CCCN1. The summed E-state index contributed by atoms with van der Waals surface area (Å²) >= 11 is 4.71. The van der Waals surface area contributed by atoms with Crippen molar-refractivity contribution >= 4 is 39.1 Å². The Morgan fingerprint density at radius 1 is 1.50 bits per heavy atom. The van der Waals surface area contributed by atoms with Crippen molar-refractivity contribution in [2.24, 2.45) is 0 Å². The van der Waals surface area contributed by atoms with E-state index in [9.17, 15) is 9.59 Å². The first-order valence-electron chi connectivity index (χ1n) is 4.98. The van der Waals surface area contributed by atoms with Crippen LogP contribution in [0.3, 0.4) is 0 Å². The number of carbonyl (C=O) groups is 2. The second-order valence-electron chi connectivity index (χ2n) is 3.53. The van der Waals surface area contributed by atoms with E-state index >= 15 is 0 Å². The van der Waals surface area contributed by atoms with Gasteiger partial charge in [0.25, 0.3) is 5.91 Å². The Balaban J connectivity index is 2.11. The summed E-state index contributed by atoms with van der Waals surface area (Å²) in [5.41, 5.74) is 0.